The Labute approximate surface area is 186 Å². The first-order chi connectivity index (χ1) is 14.1. The number of fused-ring (bicyclic) bond motifs is 1. The Hall–Kier alpha value is -2.44. The summed E-state index contributed by atoms with van der Waals surface area (Å²) in [6.45, 7) is 0.0855. The number of ether oxygens (including phenoxy) is 1. The lowest BCUT2D eigenvalue weighted by molar-refractivity contribution is -0.141. The molecule has 0 N–H and O–H groups in total. The van der Waals surface area contributed by atoms with Crippen LogP contribution in [0.5, 0.6) is 0 Å². The van der Waals surface area contributed by atoms with E-state index in [1.807, 2.05) is 59.5 Å². The van der Waals surface area contributed by atoms with Crippen LogP contribution in [0.15, 0.2) is 86.7 Å². The van der Waals surface area contributed by atoms with E-state index in [2.05, 4.69) is 50.1 Å². The number of carbonyl (C=O) groups excluding carboxylic acids is 1. The van der Waals surface area contributed by atoms with E-state index in [1.165, 1.54) is 7.11 Å². The third-order valence-electron chi connectivity index (χ3n) is 4.85. The smallest absolute Gasteiger partial charge is 0.325 e. The fourth-order valence-electron chi connectivity index (χ4n) is 3.54. The average molecular weight is 514 g/mol. The minimum atomic E-state index is -0.316. The van der Waals surface area contributed by atoms with Crippen molar-refractivity contribution in [3.63, 3.8) is 0 Å². The number of nitrogens with zero attached hydrogens (tertiary/aromatic N) is 2. The number of carbonyl (C=O) groups is 1. The standard InChI is InChI=1S/C23H18Br2N2O2/c1-29-21(28)14-27-22(15-7-3-2-4-8-15)18-13-16(24)11-12-20(18)26-23(27)17-9-5-6-10-19(17)25/h2-13,22H,14H2,1H3/t22-/m1/s1. The van der Waals surface area contributed by atoms with Gasteiger partial charge in [0.05, 0.1) is 18.8 Å². The molecule has 0 aromatic heterocycles. The number of aliphatic imine (C=N–C) groups is 1. The first-order valence-electron chi connectivity index (χ1n) is 9.10. The fraction of sp³-hybridized carbons (Fsp3) is 0.130. The second kappa shape index (κ2) is 8.51. The van der Waals surface area contributed by atoms with E-state index in [1.54, 1.807) is 0 Å². The highest BCUT2D eigenvalue weighted by Crippen LogP contribution is 2.42. The Balaban J connectivity index is 1.97. The van der Waals surface area contributed by atoms with Gasteiger partial charge < -0.3 is 9.64 Å². The third kappa shape index (κ3) is 4.00. The van der Waals surface area contributed by atoms with Crippen LogP contribution in [0.4, 0.5) is 5.69 Å². The van der Waals surface area contributed by atoms with Crippen molar-refractivity contribution in [2.75, 3.05) is 13.7 Å². The van der Waals surface area contributed by atoms with E-state index in [0.29, 0.717) is 0 Å². The number of hydrogen-bond donors (Lipinski definition) is 0. The Morgan fingerprint density at radius 2 is 1.76 bits per heavy atom. The lowest BCUT2D eigenvalue weighted by atomic mass is 9.93. The van der Waals surface area contributed by atoms with Crippen molar-refractivity contribution in [3.8, 4) is 0 Å². The van der Waals surface area contributed by atoms with Gasteiger partial charge in [-0.1, -0.05) is 80.4 Å². The molecule has 0 fully saturated rings. The van der Waals surface area contributed by atoms with Crippen molar-refractivity contribution in [1.82, 2.24) is 4.90 Å². The normalized spacial score (nSPS) is 15.5. The molecule has 0 saturated carbocycles. The molecule has 1 aliphatic heterocycles. The van der Waals surface area contributed by atoms with E-state index < -0.39 is 0 Å². The summed E-state index contributed by atoms with van der Waals surface area (Å²) in [5, 5.41) is 0. The fourth-order valence-corrected chi connectivity index (χ4v) is 4.38. The van der Waals surface area contributed by atoms with Gasteiger partial charge in [0.1, 0.15) is 12.4 Å². The molecular formula is C23H18Br2N2O2. The Kier molecular flexibility index (Phi) is 5.83. The van der Waals surface area contributed by atoms with Crippen molar-refractivity contribution in [3.05, 3.63) is 98.4 Å². The van der Waals surface area contributed by atoms with Crippen molar-refractivity contribution in [2.24, 2.45) is 4.99 Å². The first kappa shape index (κ1) is 19.9. The molecule has 0 radical (unpaired) electrons. The summed E-state index contributed by atoms with van der Waals surface area (Å²) in [6, 6.07) is 23.9. The molecule has 0 spiro atoms. The molecule has 146 valence electrons. The molecule has 6 heteroatoms. The maximum absolute atomic E-state index is 12.4. The maximum atomic E-state index is 12.4. The predicted octanol–water partition coefficient (Wildman–Crippen LogP) is 5.87. The molecule has 1 atom stereocenters. The van der Waals surface area contributed by atoms with Gasteiger partial charge in [-0.2, -0.15) is 0 Å². The van der Waals surface area contributed by atoms with Crippen LogP contribution in [0.1, 0.15) is 22.7 Å². The van der Waals surface area contributed by atoms with Gasteiger partial charge in [-0.15, -0.1) is 0 Å². The van der Waals surface area contributed by atoms with Gasteiger partial charge in [0.25, 0.3) is 0 Å². The largest absolute Gasteiger partial charge is 0.468 e. The molecule has 1 heterocycles. The zero-order chi connectivity index (χ0) is 20.4. The zero-order valence-corrected chi connectivity index (χ0v) is 18.9. The molecule has 0 unspecified atom stereocenters. The molecule has 3 aromatic carbocycles. The van der Waals surface area contributed by atoms with Crippen LogP contribution in [0, 0.1) is 0 Å². The summed E-state index contributed by atoms with van der Waals surface area (Å²) in [5.41, 5.74) is 3.92. The lowest BCUT2D eigenvalue weighted by Gasteiger charge is -2.38. The number of rotatable bonds is 4. The molecule has 1 aliphatic rings. The van der Waals surface area contributed by atoms with Gasteiger partial charge in [0.15, 0.2) is 0 Å². The Morgan fingerprint density at radius 1 is 1.03 bits per heavy atom. The van der Waals surface area contributed by atoms with Gasteiger partial charge in [-0.25, -0.2) is 4.99 Å². The number of esters is 1. The molecule has 3 aromatic rings. The molecule has 4 nitrogen and oxygen atoms in total. The van der Waals surface area contributed by atoms with E-state index >= 15 is 0 Å². The highest BCUT2D eigenvalue weighted by atomic mass is 79.9. The van der Waals surface area contributed by atoms with Crippen molar-refractivity contribution >= 4 is 49.4 Å². The van der Waals surface area contributed by atoms with Crippen LogP contribution >= 0.6 is 31.9 Å². The minimum Gasteiger partial charge on any atom is -0.468 e. The van der Waals surface area contributed by atoms with Crippen molar-refractivity contribution < 1.29 is 9.53 Å². The molecule has 0 bridgehead atoms. The average Bonchev–Trinajstić information content (AvgIpc) is 2.74. The highest BCUT2D eigenvalue weighted by Gasteiger charge is 2.34. The molecule has 0 amide bonds. The van der Waals surface area contributed by atoms with E-state index in [-0.39, 0.29) is 18.6 Å². The Bertz CT molecular complexity index is 1080. The van der Waals surface area contributed by atoms with Crippen LogP contribution in [0.3, 0.4) is 0 Å². The van der Waals surface area contributed by atoms with Crippen LogP contribution in [-0.2, 0) is 9.53 Å². The molecule has 29 heavy (non-hydrogen) atoms. The van der Waals surface area contributed by atoms with E-state index in [4.69, 9.17) is 9.73 Å². The first-order valence-corrected chi connectivity index (χ1v) is 10.7. The molecular weight excluding hydrogens is 496 g/mol. The topological polar surface area (TPSA) is 41.9 Å². The Morgan fingerprint density at radius 3 is 2.48 bits per heavy atom. The number of amidine groups is 1. The van der Waals surface area contributed by atoms with Crippen molar-refractivity contribution in [2.45, 2.75) is 6.04 Å². The summed E-state index contributed by atoms with van der Waals surface area (Å²) in [5.74, 6) is 0.413. The highest BCUT2D eigenvalue weighted by molar-refractivity contribution is 9.10. The molecule has 0 aliphatic carbocycles. The predicted molar refractivity (Wildman–Crippen MR) is 121 cm³/mol. The second-order valence-corrected chi connectivity index (χ2v) is 8.41. The summed E-state index contributed by atoms with van der Waals surface area (Å²) in [4.78, 5) is 19.3. The third-order valence-corrected chi connectivity index (χ3v) is 6.04. The monoisotopic (exact) mass is 512 g/mol. The zero-order valence-electron chi connectivity index (χ0n) is 15.7. The summed E-state index contributed by atoms with van der Waals surface area (Å²) in [7, 11) is 1.41. The summed E-state index contributed by atoms with van der Waals surface area (Å²) >= 11 is 7.22. The SMILES string of the molecule is COC(=O)CN1C(c2ccccc2Br)=Nc2ccc(Br)cc2[C@H]1c1ccccc1. The lowest BCUT2D eigenvalue weighted by Crippen LogP contribution is -2.42. The van der Waals surface area contributed by atoms with Crippen LogP contribution in [-0.4, -0.2) is 30.4 Å². The second-order valence-electron chi connectivity index (χ2n) is 6.64. The number of hydrogen-bond acceptors (Lipinski definition) is 4. The van der Waals surface area contributed by atoms with Gasteiger partial charge in [0.2, 0.25) is 0 Å². The van der Waals surface area contributed by atoms with Crippen LogP contribution in [0.25, 0.3) is 0 Å². The van der Waals surface area contributed by atoms with Gasteiger partial charge >= 0.3 is 5.97 Å². The maximum Gasteiger partial charge on any atom is 0.325 e. The quantitative estimate of drug-likeness (QED) is 0.410. The van der Waals surface area contributed by atoms with Crippen LogP contribution in [0.2, 0.25) is 0 Å². The van der Waals surface area contributed by atoms with Gasteiger partial charge in [0, 0.05) is 20.1 Å². The molecule has 0 saturated heterocycles. The van der Waals surface area contributed by atoms with Gasteiger partial charge in [-0.3, -0.25) is 4.79 Å². The minimum absolute atomic E-state index is 0.0855. The number of halogens is 2. The van der Waals surface area contributed by atoms with Crippen molar-refractivity contribution in [1.29, 1.82) is 0 Å². The van der Waals surface area contributed by atoms with E-state index in [0.717, 1.165) is 37.2 Å². The summed E-state index contributed by atoms with van der Waals surface area (Å²) in [6.07, 6.45) is 0. The van der Waals surface area contributed by atoms with E-state index in [9.17, 15) is 4.79 Å². The van der Waals surface area contributed by atoms with Crippen LogP contribution < -0.4 is 0 Å². The number of benzene rings is 3. The van der Waals surface area contributed by atoms with Gasteiger partial charge in [-0.05, 0) is 29.8 Å². The number of methoxy groups -OCH3 is 1. The summed E-state index contributed by atoms with van der Waals surface area (Å²) < 4.78 is 6.89. The molecule has 4 rings (SSSR count).